The summed E-state index contributed by atoms with van der Waals surface area (Å²) in [6.45, 7) is 5.13. The molecule has 132 valence electrons. The van der Waals surface area contributed by atoms with Crippen LogP contribution in [0.5, 0.6) is 0 Å². The van der Waals surface area contributed by atoms with Crippen molar-refractivity contribution in [2.24, 2.45) is 0 Å². The summed E-state index contributed by atoms with van der Waals surface area (Å²) in [6, 6.07) is 10.3. The fraction of sp³-hybridized carbons (Fsp3) is 0.611. The van der Waals surface area contributed by atoms with E-state index in [1.165, 1.54) is 12.2 Å². The molecule has 3 rings (SSSR count). The zero-order valence-electron chi connectivity index (χ0n) is 14.1. The van der Waals surface area contributed by atoms with Crippen LogP contribution in [0.1, 0.15) is 18.9 Å². The van der Waals surface area contributed by atoms with E-state index < -0.39 is 0 Å². The maximum absolute atomic E-state index is 12.3. The minimum atomic E-state index is -0.253. The number of benzene rings is 1. The van der Waals surface area contributed by atoms with Gasteiger partial charge in [0.1, 0.15) is 6.61 Å². The van der Waals surface area contributed by atoms with E-state index in [9.17, 15) is 4.79 Å². The van der Waals surface area contributed by atoms with Gasteiger partial charge in [0.05, 0.1) is 19.3 Å². The van der Waals surface area contributed by atoms with Crippen molar-refractivity contribution in [3.63, 3.8) is 0 Å². The highest BCUT2D eigenvalue weighted by Crippen LogP contribution is 2.26. The molecule has 2 saturated heterocycles. The van der Waals surface area contributed by atoms with Crippen LogP contribution in [0.25, 0.3) is 0 Å². The SMILES string of the molecule is CC1SCCC1NCC1CN(C(=O)OCc2ccccc2)CCO1. The molecule has 2 heterocycles. The first-order chi connectivity index (χ1) is 11.7. The van der Waals surface area contributed by atoms with E-state index in [4.69, 9.17) is 9.47 Å². The van der Waals surface area contributed by atoms with Gasteiger partial charge in [-0.05, 0) is 17.7 Å². The van der Waals surface area contributed by atoms with Crippen molar-refractivity contribution in [2.75, 3.05) is 32.0 Å². The van der Waals surface area contributed by atoms with E-state index in [0.717, 1.165) is 12.1 Å². The van der Waals surface area contributed by atoms with Crippen LogP contribution < -0.4 is 5.32 Å². The predicted molar refractivity (Wildman–Crippen MR) is 96.3 cm³/mol. The Hall–Kier alpha value is -1.24. The molecule has 2 aliphatic rings. The van der Waals surface area contributed by atoms with Gasteiger partial charge in [0.25, 0.3) is 0 Å². The van der Waals surface area contributed by atoms with Crippen molar-refractivity contribution >= 4 is 17.9 Å². The Kier molecular flexibility index (Phi) is 6.40. The first kappa shape index (κ1) is 17.6. The minimum absolute atomic E-state index is 0.0424. The third-order valence-electron chi connectivity index (χ3n) is 4.59. The largest absolute Gasteiger partial charge is 0.445 e. The third-order valence-corrected chi connectivity index (χ3v) is 5.91. The lowest BCUT2D eigenvalue weighted by Gasteiger charge is -2.33. The number of thioether (sulfide) groups is 1. The highest BCUT2D eigenvalue weighted by atomic mass is 32.2. The Morgan fingerprint density at radius 2 is 2.25 bits per heavy atom. The molecule has 3 atom stereocenters. The summed E-state index contributed by atoms with van der Waals surface area (Å²) in [5.41, 5.74) is 1.00. The molecule has 0 saturated carbocycles. The van der Waals surface area contributed by atoms with E-state index in [1.807, 2.05) is 42.1 Å². The highest BCUT2D eigenvalue weighted by molar-refractivity contribution is 8.00. The number of hydrogen-bond donors (Lipinski definition) is 1. The summed E-state index contributed by atoms with van der Waals surface area (Å²) < 4.78 is 11.2. The molecular formula is C18H26N2O3S. The molecule has 2 fully saturated rings. The van der Waals surface area contributed by atoms with Crippen molar-refractivity contribution < 1.29 is 14.3 Å². The number of hydrogen-bond acceptors (Lipinski definition) is 5. The van der Waals surface area contributed by atoms with E-state index in [-0.39, 0.29) is 12.2 Å². The smallest absolute Gasteiger partial charge is 0.410 e. The van der Waals surface area contributed by atoms with Crippen LogP contribution in [0.3, 0.4) is 0 Å². The fourth-order valence-electron chi connectivity index (χ4n) is 3.10. The Morgan fingerprint density at radius 3 is 3.00 bits per heavy atom. The summed E-state index contributed by atoms with van der Waals surface area (Å²) in [7, 11) is 0. The number of morpholine rings is 1. The van der Waals surface area contributed by atoms with E-state index in [0.29, 0.717) is 37.6 Å². The maximum atomic E-state index is 12.3. The van der Waals surface area contributed by atoms with Crippen molar-refractivity contribution in [3.05, 3.63) is 35.9 Å². The van der Waals surface area contributed by atoms with E-state index >= 15 is 0 Å². The van der Waals surface area contributed by atoms with Crippen LogP contribution in [0.4, 0.5) is 4.79 Å². The molecule has 6 heteroatoms. The summed E-state index contributed by atoms with van der Waals surface area (Å²) in [5, 5.41) is 4.25. The number of nitrogens with zero attached hydrogens (tertiary/aromatic N) is 1. The van der Waals surface area contributed by atoms with Gasteiger partial charge in [0.15, 0.2) is 0 Å². The van der Waals surface area contributed by atoms with Crippen molar-refractivity contribution in [2.45, 2.75) is 37.3 Å². The average molecular weight is 350 g/mol. The molecule has 1 amide bonds. The highest BCUT2D eigenvalue weighted by Gasteiger charge is 2.28. The quantitative estimate of drug-likeness (QED) is 0.884. The zero-order chi connectivity index (χ0) is 16.8. The summed E-state index contributed by atoms with van der Waals surface area (Å²) >= 11 is 2.01. The van der Waals surface area contributed by atoms with Gasteiger partial charge in [0.2, 0.25) is 0 Å². The van der Waals surface area contributed by atoms with Gasteiger partial charge < -0.3 is 19.7 Å². The topological polar surface area (TPSA) is 50.8 Å². The Labute approximate surface area is 148 Å². The van der Waals surface area contributed by atoms with Gasteiger partial charge in [-0.15, -0.1) is 0 Å². The Balaban J connectivity index is 1.41. The molecule has 0 aliphatic carbocycles. The van der Waals surface area contributed by atoms with Gasteiger partial charge in [0, 0.05) is 24.4 Å². The van der Waals surface area contributed by atoms with Gasteiger partial charge in [-0.25, -0.2) is 4.79 Å². The second-order valence-electron chi connectivity index (χ2n) is 6.36. The van der Waals surface area contributed by atoms with Crippen molar-refractivity contribution in [1.29, 1.82) is 0 Å². The molecule has 24 heavy (non-hydrogen) atoms. The number of carbonyl (C=O) groups is 1. The first-order valence-corrected chi connectivity index (χ1v) is 9.69. The predicted octanol–water partition coefficient (Wildman–Crippen LogP) is 2.51. The Bertz CT molecular complexity index is 528. The monoisotopic (exact) mass is 350 g/mol. The van der Waals surface area contributed by atoms with Crippen LogP contribution in [0.15, 0.2) is 30.3 Å². The Morgan fingerprint density at radius 1 is 1.42 bits per heavy atom. The zero-order valence-corrected chi connectivity index (χ0v) is 15.0. The second kappa shape index (κ2) is 8.74. The second-order valence-corrected chi connectivity index (χ2v) is 7.84. The lowest BCUT2D eigenvalue weighted by molar-refractivity contribution is -0.0279. The standard InChI is InChI=1S/C18H26N2O3S/c1-14-17(7-10-24-14)19-11-16-12-20(8-9-22-16)18(21)23-13-15-5-3-2-4-6-15/h2-6,14,16-17,19H,7-13H2,1H3. The summed E-state index contributed by atoms with van der Waals surface area (Å²) in [6.07, 6.45) is 0.999. The molecule has 0 bridgehead atoms. The first-order valence-electron chi connectivity index (χ1n) is 8.64. The van der Waals surface area contributed by atoms with Gasteiger partial charge in [-0.3, -0.25) is 0 Å². The number of ether oxygens (including phenoxy) is 2. The number of carbonyl (C=O) groups excluding carboxylic acids is 1. The normalized spacial score (nSPS) is 27.2. The number of nitrogens with one attached hydrogen (secondary N) is 1. The fourth-order valence-corrected chi connectivity index (χ4v) is 4.33. The molecule has 1 N–H and O–H groups in total. The van der Waals surface area contributed by atoms with Crippen LogP contribution in [0.2, 0.25) is 0 Å². The molecule has 0 radical (unpaired) electrons. The van der Waals surface area contributed by atoms with Crippen LogP contribution in [-0.4, -0.2) is 60.4 Å². The van der Waals surface area contributed by atoms with E-state index in [1.54, 1.807) is 4.90 Å². The molecule has 0 aromatic heterocycles. The van der Waals surface area contributed by atoms with Crippen LogP contribution in [-0.2, 0) is 16.1 Å². The summed E-state index contributed by atoms with van der Waals surface area (Å²) in [5.74, 6) is 1.22. The number of rotatable bonds is 5. The number of amides is 1. The maximum Gasteiger partial charge on any atom is 0.410 e. The van der Waals surface area contributed by atoms with Crippen molar-refractivity contribution in [1.82, 2.24) is 10.2 Å². The third kappa shape index (κ3) is 4.88. The van der Waals surface area contributed by atoms with Gasteiger partial charge in [-0.1, -0.05) is 37.3 Å². The molecule has 2 aliphatic heterocycles. The van der Waals surface area contributed by atoms with Crippen LogP contribution in [0, 0.1) is 0 Å². The molecule has 5 nitrogen and oxygen atoms in total. The lowest BCUT2D eigenvalue weighted by Crippen LogP contribution is -2.50. The molecule has 1 aromatic rings. The molecule has 1 aromatic carbocycles. The molecule has 3 unspecified atom stereocenters. The average Bonchev–Trinajstić information content (AvgIpc) is 3.04. The summed E-state index contributed by atoms with van der Waals surface area (Å²) in [4.78, 5) is 14.0. The lowest BCUT2D eigenvalue weighted by atomic mass is 10.1. The van der Waals surface area contributed by atoms with Gasteiger partial charge in [-0.2, -0.15) is 11.8 Å². The van der Waals surface area contributed by atoms with Gasteiger partial charge >= 0.3 is 6.09 Å². The molecule has 0 spiro atoms. The van der Waals surface area contributed by atoms with Crippen LogP contribution >= 0.6 is 11.8 Å². The van der Waals surface area contributed by atoms with Crippen molar-refractivity contribution in [3.8, 4) is 0 Å². The minimum Gasteiger partial charge on any atom is -0.445 e. The van der Waals surface area contributed by atoms with E-state index in [2.05, 4.69) is 12.2 Å². The molecular weight excluding hydrogens is 324 g/mol.